The molecular formula is C9H14N2. The van der Waals surface area contributed by atoms with Crippen molar-refractivity contribution in [3.05, 3.63) is 11.8 Å². The minimum Gasteiger partial charge on any atom is -0.372 e. The van der Waals surface area contributed by atoms with E-state index in [1.807, 2.05) is 0 Å². The maximum atomic E-state index is 4.53. The standard InChI is InChI=1S/C9H14N2/c1-7-3-4-8-9(7)10-5-6-11(8)2/h4,7H,3,5-6H2,1-2H3/t7-/m1/s1. The Balaban J connectivity index is 2.32. The monoisotopic (exact) mass is 150 g/mol. The van der Waals surface area contributed by atoms with Gasteiger partial charge in [-0.25, -0.2) is 0 Å². The molecule has 0 radical (unpaired) electrons. The van der Waals surface area contributed by atoms with Crippen LogP contribution in [0.4, 0.5) is 0 Å². The zero-order valence-corrected chi connectivity index (χ0v) is 7.17. The molecule has 1 aliphatic heterocycles. The maximum absolute atomic E-state index is 4.53. The molecule has 0 fully saturated rings. The second kappa shape index (κ2) is 2.36. The third kappa shape index (κ3) is 0.971. The molecule has 1 atom stereocenters. The molecule has 0 aromatic carbocycles. The molecule has 11 heavy (non-hydrogen) atoms. The first-order valence-corrected chi connectivity index (χ1v) is 4.25. The van der Waals surface area contributed by atoms with Gasteiger partial charge in [-0.2, -0.15) is 0 Å². The normalized spacial score (nSPS) is 29.6. The summed E-state index contributed by atoms with van der Waals surface area (Å²) in [5.41, 5.74) is 2.71. The van der Waals surface area contributed by atoms with Crippen molar-refractivity contribution in [2.45, 2.75) is 13.3 Å². The third-order valence-electron chi connectivity index (χ3n) is 2.52. The summed E-state index contributed by atoms with van der Waals surface area (Å²) >= 11 is 0. The summed E-state index contributed by atoms with van der Waals surface area (Å²) < 4.78 is 0. The summed E-state index contributed by atoms with van der Waals surface area (Å²) in [7, 11) is 2.15. The van der Waals surface area contributed by atoms with Crippen LogP contribution in [0.5, 0.6) is 0 Å². The highest BCUT2D eigenvalue weighted by molar-refractivity contribution is 6.03. The van der Waals surface area contributed by atoms with Gasteiger partial charge in [0, 0.05) is 19.5 Å². The van der Waals surface area contributed by atoms with Crippen molar-refractivity contribution in [1.82, 2.24) is 4.90 Å². The van der Waals surface area contributed by atoms with Crippen molar-refractivity contribution >= 4 is 5.71 Å². The van der Waals surface area contributed by atoms with E-state index in [-0.39, 0.29) is 0 Å². The van der Waals surface area contributed by atoms with Crippen molar-refractivity contribution in [2.24, 2.45) is 10.9 Å². The molecule has 0 aromatic rings. The molecule has 0 unspecified atom stereocenters. The van der Waals surface area contributed by atoms with Crippen LogP contribution in [0.1, 0.15) is 13.3 Å². The quantitative estimate of drug-likeness (QED) is 0.508. The molecule has 60 valence electrons. The smallest absolute Gasteiger partial charge is 0.0610 e. The van der Waals surface area contributed by atoms with Gasteiger partial charge < -0.3 is 4.90 Å². The van der Waals surface area contributed by atoms with E-state index in [9.17, 15) is 0 Å². The molecule has 2 nitrogen and oxygen atoms in total. The SMILES string of the molecule is C[C@@H]1CC=C2C1=NCCN2C. The number of aliphatic imine (C=N–C) groups is 1. The van der Waals surface area contributed by atoms with Crippen LogP contribution in [-0.4, -0.2) is 30.7 Å². The number of likely N-dealkylation sites (N-methyl/N-ethyl adjacent to an activating group) is 1. The van der Waals surface area contributed by atoms with Gasteiger partial charge in [-0.3, -0.25) is 4.99 Å². The van der Waals surface area contributed by atoms with Crippen molar-refractivity contribution in [2.75, 3.05) is 20.1 Å². The summed E-state index contributed by atoms with van der Waals surface area (Å²) in [5, 5.41) is 0. The van der Waals surface area contributed by atoms with Gasteiger partial charge >= 0.3 is 0 Å². The Labute approximate surface area is 67.6 Å². The van der Waals surface area contributed by atoms with E-state index in [0.717, 1.165) is 13.1 Å². The number of nitrogens with zero attached hydrogens (tertiary/aromatic N) is 2. The molecule has 0 aromatic heterocycles. The molecule has 2 heteroatoms. The van der Waals surface area contributed by atoms with Crippen LogP contribution in [0, 0.1) is 5.92 Å². The predicted octanol–water partition coefficient (Wildman–Crippen LogP) is 1.30. The van der Waals surface area contributed by atoms with Crippen LogP contribution in [0.3, 0.4) is 0 Å². The summed E-state index contributed by atoms with van der Waals surface area (Å²) in [5.74, 6) is 0.660. The number of allylic oxidation sites excluding steroid dienone is 2. The summed E-state index contributed by atoms with van der Waals surface area (Å²) in [6.07, 6.45) is 3.49. The Hall–Kier alpha value is -0.790. The van der Waals surface area contributed by atoms with E-state index in [1.54, 1.807) is 0 Å². The zero-order chi connectivity index (χ0) is 7.84. The van der Waals surface area contributed by atoms with Gasteiger partial charge in [-0.05, 0) is 6.42 Å². The molecule has 0 bridgehead atoms. The minimum absolute atomic E-state index is 0.660. The van der Waals surface area contributed by atoms with Crippen molar-refractivity contribution < 1.29 is 0 Å². The van der Waals surface area contributed by atoms with Crippen LogP contribution in [0.25, 0.3) is 0 Å². The third-order valence-corrected chi connectivity index (χ3v) is 2.52. The van der Waals surface area contributed by atoms with Gasteiger partial charge in [-0.1, -0.05) is 13.0 Å². The molecule has 0 spiro atoms. The van der Waals surface area contributed by atoms with Gasteiger partial charge in [0.25, 0.3) is 0 Å². The highest BCUT2D eigenvalue weighted by atomic mass is 15.2. The summed E-state index contributed by atoms with van der Waals surface area (Å²) in [4.78, 5) is 6.84. The fourth-order valence-corrected chi connectivity index (χ4v) is 1.79. The molecule has 1 aliphatic carbocycles. The van der Waals surface area contributed by atoms with E-state index in [1.165, 1.54) is 17.8 Å². The molecule has 0 saturated heterocycles. The molecule has 1 heterocycles. The van der Waals surface area contributed by atoms with Crippen LogP contribution in [0.2, 0.25) is 0 Å². The fourth-order valence-electron chi connectivity index (χ4n) is 1.79. The van der Waals surface area contributed by atoms with E-state index in [2.05, 4.69) is 29.9 Å². The summed E-state index contributed by atoms with van der Waals surface area (Å²) in [6.45, 7) is 4.32. The van der Waals surface area contributed by atoms with Crippen LogP contribution in [0.15, 0.2) is 16.8 Å². The lowest BCUT2D eigenvalue weighted by Crippen LogP contribution is -2.30. The van der Waals surface area contributed by atoms with Crippen LogP contribution >= 0.6 is 0 Å². The lowest BCUT2D eigenvalue weighted by molar-refractivity contribution is 0.436. The Kier molecular flexibility index (Phi) is 1.48. The molecule has 0 N–H and O–H groups in total. The largest absolute Gasteiger partial charge is 0.372 e. The Bertz CT molecular complexity index is 228. The second-order valence-corrected chi connectivity index (χ2v) is 3.41. The Morgan fingerprint density at radius 3 is 3.18 bits per heavy atom. The van der Waals surface area contributed by atoms with Crippen molar-refractivity contribution in [1.29, 1.82) is 0 Å². The first-order chi connectivity index (χ1) is 5.29. The number of fused-ring (bicyclic) bond motifs is 1. The van der Waals surface area contributed by atoms with E-state index in [4.69, 9.17) is 0 Å². The van der Waals surface area contributed by atoms with Crippen LogP contribution < -0.4 is 0 Å². The van der Waals surface area contributed by atoms with Gasteiger partial charge in [0.15, 0.2) is 0 Å². The van der Waals surface area contributed by atoms with Crippen molar-refractivity contribution in [3.8, 4) is 0 Å². The first-order valence-electron chi connectivity index (χ1n) is 4.25. The van der Waals surface area contributed by atoms with Gasteiger partial charge in [0.2, 0.25) is 0 Å². The molecule has 0 amide bonds. The van der Waals surface area contributed by atoms with E-state index < -0.39 is 0 Å². The average Bonchev–Trinajstić information content (AvgIpc) is 2.35. The summed E-state index contributed by atoms with van der Waals surface area (Å²) in [6, 6.07) is 0. The highest BCUT2D eigenvalue weighted by Gasteiger charge is 2.25. The van der Waals surface area contributed by atoms with Gasteiger partial charge in [0.05, 0.1) is 18.0 Å². The molecule has 2 rings (SSSR count). The van der Waals surface area contributed by atoms with E-state index in [0.29, 0.717) is 5.92 Å². The first kappa shape index (κ1) is 6.89. The topological polar surface area (TPSA) is 15.6 Å². The minimum atomic E-state index is 0.660. The average molecular weight is 150 g/mol. The van der Waals surface area contributed by atoms with Crippen LogP contribution in [-0.2, 0) is 0 Å². The lowest BCUT2D eigenvalue weighted by atomic mass is 10.1. The fraction of sp³-hybridized carbons (Fsp3) is 0.667. The Morgan fingerprint density at radius 1 is 1.64 bits per heavy atom. The second-order valence-electron chi connectivity index (χ2n) is 3.41. The zero-order valence-electron chi connectivity index (χ0n) is 7.17. The Morgan fingerprint density at radius 2 is 2.45 bits per heavy atom. The predicted molar refractivity (Wildman–Crippen MR) is 46.8 cm³/mol. The molecule has 2 aliphatic rings. The number of rotatable bonds is 0. The number of hydrogen-bond acceptors (Lipinski definition) is 2. The molecular weight excluding hydrogens is 136 g/mol. The highest BCUT2D eigenvalue weighted by Crippen LogP contribution is 2.25. The lowest BCUT2D eigenvalue weighted by Gasteiger charge is -2.25. The maximum Gasteiger partial charge on any atom is 0.0610 e. The molecule has 0 saturated carbocycles. The van der Waals surface area contributed by atoms with Crippen molar-refractivity contribution in [3.63, 3.8) is 0 Å². The number of hydrogen-bond donors (Lipinski definition) is 0. The van der Waals surface area contributed by atoms with Gasteiger partial charge in [-0.15, -0.1) is 0 Å². The van der Waals surface area contributed by atoms with Gasteiger partial charge in [0.1, 0.15) is 0 Å². The van der Waals surface area contributed by atoms with E-state index >= 15 is 0 Å².